The van der Waals surface area contributed by atoms with Crippen LogP contribution in [0.1, 0.15) is 30.6 Å². The summed E-state index contributed by atoms with van der Waals surface area (Å²) in [5, 5.41) is 2.68. The molecule has 0 aliphatic heterocycles. The molecule has 0 radical (unpaired) electrons. The normalized spacial score (nSPS) is 11.3. The van der Waals surface area contributed by atoms with Gasteiger partial charge in [0.05, 0.1) is 11.3 Å². The Morgan fingerprint density at radius 3 is 2.48 bits per heavy atom. The van der Waals surface area contributed by atoms with Crippen molar-refractivity contribution in [2.24, 2.45) is 0 Å². The van der Waals surface area contributed by atoms with E-state index in [1.165, 1.54) is 12.1 Å². The molecule has 0 bridgehead atoms. The third kappa shape index (κ3) is 4.91. The first kappa shape index (κ1) is 17.3. The first-order valence-electron chi connectivity index (χ1n) is 6.68. The summed E-state index contributed by atoms with van der Waals surface area (Å²) in [6, 6.07) is 3.78. The van der Waals surface area contributed by atoms with Crippen molar-refractivity contribution in [3.8, 4) is 0 Å². The second-order valence-corrected chi connectivity index (χ2v) is 4.53. The van der Waals surface area contributed by atoms with Gasteiger partial charge in [-0.1, -0.05) is 13.0 Å². The number of hydrogen-bond donors (Lipinski definition) is 1. The van der Waals surface area contributed by atoms with Gasteiger partial charge in [0, 0.05) is 13.1 Å². The molecule has 1 rings (SSSR count). The van der Waals surface area contributed by atoms with Gasteiger partial charge in [-0.15, -0.1) is 0 Å². The second kappa shape index (κ2) is 7.28. The number of nitrogens with one attached hydrogen (secondary N) is 1. The highest BCUT2D eigenvalue weighted by Gasteiger charge is 2.33. The summed E-state index contributed by atoms with van der Waals surface area (Å²) in [5.41, 5.74) is -0.150. The lowest BCUT2D eigenvalue weighted by atomic mass is 10.1. The number of halogens is 4. The van der Waals surface area contributed by atoms with Crippen LogP contribution in [-0.2, 0) is 0 Å². The van der Waals surface area contributed by atoms with Crippen LogP contribution in [0.4, 0.5) is 23.2 Å². The van der Waals surface area contributed by atoms with Gasteiger partial charge < -0.3 is 10.2 Å². The van der Waals surface area contributed by atoms with Crippen LogP contribution in [0.5, 0.6) is 0 Å². The van der Waals surface area contributed by atoms with E-state index in [0.29, 0.717) is 17.9 Å². The molecule has 0 aliphatic carbocycles. The molecule has 0 fully saturated rings. The predicted octanol–water partition coefficient (Wildman–Crippen LogP) is 3.67. The van der Waals surface area contributed by atoms with Crippen molar-refractivity contribution in [1.82, 2.24) is 4.90 Å². The molecule has 7 heteroatoms. The van der Waals surface area contributed by atoms with E-state index in [4.69, 9.17) is 0 Å². The summed E-state index contributed by atoms with van der Waals surface area (Å²) in [5.74, 6) is -1.49. The molecule has 0 heterocycles. The molecule has 1 aromatic carbocycles. The van der Waals surface area contributed by atoms with Crippen molar-refractivity contribution in [2.45, 2.75) is 26.4 Å². The number of para-hydroxylation sites is 1. The van der Waals surface area contributed by atoms with Gasteiger partial charge in [0.2, 0.25) is 0 Å². The minimum absolute atomic E-state index is 0.0412. The predicted molar refractivity (Wildman–Crippen MR) is 72.8 cm³/mol. The molecule has 0 saturated heterocycles. The van der Waals surface area contributed by atoms with E-state index in [1.54, 1.807) is 13.8 Å². The number of amides is 1. The number of hydrogen-bond acceptors (Lipinski definition) is 2. The Morgan fingerprint density at radius 2 is 1.95 bits per heavy atom. The van der Waals surface area contributed by atoms with Gasteiger partial charge in [0.1, 0.15) is 12.4 Å². The Morgan fingerprint density at radius 1 is 1.29 bits per heavy atom. The van der Waals surface area contributed by atoms with Crippen molar-refractivity contribution in [3.63, 3.8) is 0 Å². The summed E-state index contributed by atoms with van der Waals surface area (Å²) in [6.07, 6.45) is -4.11. The maximum atomic E-state index is 13.7. The lowest BCUT2D eigenvalue weighted by Crippen LogP contribution is -2.39. The second-order valence-electron chi connectivity index (χ2n) is 4.53. The van der Waals surface area contributed by atoms with E-state index in [-0.39, 0.29) is 17.8 Å². The fourth-order valence-corrected chi connectivity index (χ4v) is 1.97. The van der Waals surface area contributed by atoms with Crippen molar-refractivity contribution >= 4 is 11.6 Å². The molecule has 0 aromatic heterocycles. The van der Waals surface area contributed by atoms with Crippen LogP contribution in [0.25, 0.3) is 0 Å². The fraction of sp³-hybridized carbons (Fsp3) is 0.500. The van der Waals surface area contributed by atoms with Crippen LogP contribution in [0, 0.1) is 5.82 Å². The Hall–Kier alpha value is -1.79. The zero-order valence-electron chi connectivity index (χ0n) is 11.9. The van der Waals surface area contributed by atoms with E-state index >= 15 is 0 Å². The molecule has 0 spiro atoms. The number of anilines is 1. The highest BCUT2D eigenvalue weighted by molar-refractivity contribution is 5.99. The van der Waals surface area contributed by atoms with Crippen molar-refractivity contribution in [2.75, 3.05) is 25.0 Å². The minimum atomic E-state index is -4.49. The topological polar surface area (TPSA) is 32.3 Å². The smallest absolute Gasteiger partial charge is 0.382 e. The largest absolute Gasteiger partial charge is 0.406 e. The number of carbonyl (C=O) groups excluding carboxylic acids is 1. The maximum absolute atomic E-state index is 13.7. The number of benzene rings is 1. The summed E-state index contributed by atoms with van der Waals surface area (Å²) < 4.78 is 51.4. The SMILES string of the molecule is CCCN(CC(F)(F)F)C(=O)c1cccc(F)c1NCC. The number of carbonyl (C=O) groups is 1. The van der Waals surface area contributed by atoms with Gasteiger partial charge in [0.15, 0.2) is 0 Å². The Kier molecular flexibility index (Phi) is 5.99. The average molecular weight is 306 g/mol. The molecule has 118 valence electrons. The number of rotatable bonds is 6. The van der Waals surface area contributed by atoms with Crippen LogP contribution >= 0.6 is 0 Å². The quantitative estimate of drug-likeness (QED) is 0.813. The van der Waals surface area contributed by atoms with E-state index in [9.17, 15) is 22.4 Å². The van der Waals surface area contributed by atoms with E-state index < -0.39 is 24.4 Å². The molecule has 3 nitrogen and oxygen atoms in total. The minimum Gasteiger partial charge on any atom is -0.382 e. The maximum Gasteiger partial charge on any atom is 0.406 e. The van der Waals surface area contributed by atoms with Crippen LogP contribution in [0.3, 0.4) is 0 Å². The van der Waals surface area contributed by atoms with Gasteiger partial charge in [-0.2, -0.15) is 13.2 Å². The van der Waals surface area contributed by atoms with Crippen LogP contribution in [-0.4, -0.2) is 36.6 Å². The third-order valence-electron chi connectivity index (χ3n) is 2.75. The summed E-state index contributed by atoms with van der Waals surface area (Å²) >= 11 is 0. The van der Waals surface area contributed by atoms with Gasteiger partial charge in [-0.25, -0.2) is 4.39 Å². The fourth-order valence-electron chi connectivity index (χ4n) is 1.97. The van der Waals surface area contributed by atoms with E-state index in [2.05, 4.69) is 5.32 Å². The Labute approximate surface area is 120 Å². The molecule has 1 amide bonds. The van der Waals surface area contributed by atoms with Gasteiger partial charge in [-0.3, -0.25) is 4.79 Å². The Balaban J connectivity index is 3.11. The zero-order valence-corrected chi connectivity index (χ0v) is 11.9. The zero-order chi connectivity index (χ0) is 16.0. The standard InChI is InChI=1S/C14H18F4N2O/c1-3-8-20(9-14(16,17)18)13(21)10-6-5-7-11(15)12(10)19-4-2/h5-7,19H,3-4,8-9H2,1-2H3. The van der Waals surface area contributed by atoms with Gasteiger partial charge in [0.25, 0.3) is 5.91 Å². The van der Waals surface area contributed by atoms with E-state index in [1.807, 2.05) is 0 Å². The Bertz CT molecular complexity index is 488. The molecule has 0 atom stereocenters. The molecular weight excluding hydrogens is 288 g/mol. The lowest BCUT2D eigenvalue weighted by molar-refractivity contribution is -0.140. The summed E-state index contributed by atoms with van der Waals surface area (Å²) in [7, 11) is 0. The van der Waals surface area contributed by atoms with E-state index in [0.717, 1.165) is 6.07 Å². The molecule has 21 heavy (non-hydrogen) atoms. The molecule has 0 unspecified atom stereocenters. The van der Waals surface area contributed by atoms with Crippen molar-refractivity contribution in [3.05, 3.63) is 29.6 Å². The van der Waals surface area contributed by atoms with Crippen molar-refractivity contribution < 1.29 is 22.4 Å². The highest BCUT2D eigenvalue weighted by atomic mass is 19.4. The van der Waals surface area contributed by atoms with Crippen LogP contribution < -0.4 is 5.32 Å². The first-order valence-corrected chi connectivity index (χ1v) is 6.68. The molecule has 0 saturated carbocycles. The molecule has 1 aromatic rings. The van der Waals surface area contributed by atoms with Gasteiger partial charge >= 0.3 is 6.18 Å². The lowest BCUT2D eigenvalue weighted by Gasteiger charge is -2.24. The number of alkyl halides is 3. The average Bonchev–Trinajstić information content (AvgIpc) is 2.38. The van der Waals surface area contributed by atoms with Crippen LogP contribution in [0.15, 0.2) is 18.2 Å². The molecule has 1 N–H and O–H groups in total. The summed E-state index contributed by atoms with van der Waals surface area (Å²) in [6.45, 7) is 2.35. The van der Waals surface area contributed by atoms with Crippen molar-refractivity contribution in [1.29, 1.82) is 0 Å². The molecular formula is C14H18F4N2O. The number of nitrogens with zero attached hydrogens (tertiary/aromatic N) is 1. The van der Waals surface area contributed by atoms with Crippen LogP contribution in [0.2, 0.25) is 0 Å². The monoisotopic (exact) mass is 306 g/mol. The first-order chi connectivity index (χ1) is 9.80. The van der Waals surface area contributed by atoms with Gasteiger partial charge in [-0.05, 0) is 25.5 Å². The summed E-state index contributed by atoms with van der Waals surface area (Å²) in [4.78, 5) is 13.0. The highest BCUT2D eigenvalue weighted by Crippen LogP contribution is 2.24. The third-order valence-corrected chi connectivity index (χ3v) is 2.75. The molecule has 0 aliphatic rings.